The first-order valence-electron chi connectivity index (χ1n) is 6.89. The molecule has 2 heterocycles. The van der Waals surface area contributed by atoms with E-state index >= 15 is 0 Å². The molecule has 7 nitrogen and oxygen atoms in total. The zero-order valence-corrected chi connectivity index (χ0v) is 12.5. The van der Waals surface area contributed by atoms with Crippen LogP contribution in [0.4, 0.5) is 5.95 Å². The molecule has 0 saturated carbocycles. The quantitative estimate of drug-likeness (QED) is 0.836. The van der Waals surface area contributed by atoms with Gasteiger partial charge in [-0.05, 0) is 19.4 Å². The van der Waals surface area contributed by atoms with E-state index in [0.717, 1.165) is 18.5 Å². The lowest BCUT2D eigenvalue weighted by Gasteiger charge is -2.08. The first-order valence-corrected chi connectivity index (χ1v) is 6.89. The van der Waals surface area contributed by atoms with Crippen molar-refractivity contribution in [2.24, 2.45) is 0 Å². The molecular formula is C14H19N5O2. The van der Waals surface area contributed by atoms with Crippen LogP contribution in [0.1, 0.15) is 20.3 Å². The van der Waals surface area contributed by atoms with Crippen molar-refractivity contribution in [2.45, 2.75) is 20.3 Å². The Hall–Kier alpha value is -2.44. The van der Waals surface area contributed by atoms with Crippen LogP contribution < -0.4 is 14.8 Å². The lowest BCUT2D eigenvalue weighted by molar-refractivity contribution is 0.339. The molecule has 0 bridgehead atoms. The Balaban J connectivity index is 2.35. The van der Waals surface area contributed by atoms with Crippen LogP contribution in [0.5, 0.6) is 11.8 Å². The number of methoxy groups -OCH3 is 1. The maximum atomic E-state index is 5.44. The minimum absolute atomic E-state index is 0.264. The lowest BCUT2D eigenvalue weighted by Crippen LogP contribution is -2.07. The number of nitrogens with zero attached hydrogens (tertiary/aromatic N) is 4. The lowest BCUT2D eigenvalue weighted by atomic mass is 10.2. The Labute approximate surface area is 123 Å². The Morgan fingerprint density at radius 3 is 2.71 bits per heavy atom. The summed E-state index contributed by atoms with van der Waals surface area (Å²) in [6.07, 6.45) is 4.31. The van der Waals surface area contributed by atoms with Crippen LogP contribution in [-0.4, -0.2) is 40.2 Å². The van der Waals surface area contributed by atoms with Crippen molar-refractivity contribution in [2.75, 3.05) is 25.6 Å². The van der Waals surface area contributed by atoms with E-state index in [1.165, 1.54) is 7.11 Å². The number of aromatic nitrogens is 4. The molecule has 0 radical (unpaired) electrons. The molecule has 0 fully saturated rings. The van der Waals surface area contributed by atoms with Crippen molar-refractivity contribution in [3.63, 3.8) is 0 Å². The second-order valence-electron chi connectivity index (χ2n) is 4.24. The van der Waals surface area contributed by atoms with Gasteiger partial charge in [-0.1, -0.05) is 6.92 Å². The normalized spacial score (nSPS) is 10.2. The molecule has 0 atom stereocenters. The van der Waals surface area contributed by atoms with Gasteiger partial charge in [-0.25, -0.2) is 0 Å². The van der Waals surface area contributed by atoms with Gasteiger partial charge in [0.05, 0.1) is 19.9 Å². The SMILES string of the molecule is CCCNc1nc(OC)nc(-c2cncc(OCC)c2)n1. The largest absolute Gasteiger partial charge is 0.492 e. The summed E-state index contributed by atoms with van der Waals surface area (Å²) in [5.74, 6) is 1.66. The molecule has 21 heavy (non-hydrogen) atoms. The summed E-state index contributed by atoms with van der Waals surface area (Å²) in [6.45, 7) is 5.35. The molecule has 112 valence electrons. The van der Waals surface area contributed by atoms with Crippen LogP contribution in [0.15, 0.2) is 18.5 Å². The number of hydrogen-bond acceptors (Lipinski definition) is 7. The summed E-state index contributed by atoms with van der Waals surface area (Å²) in [6, 6.07) is 2.11. The van der Waals surface area contributed by atoms with Gasteiger partial charge in [0.15, 0.2) is 5.82 Å². The van der Waals surface area contributed by atoms with E-state index < -0.39 is 0 Å². The van der Waals surface area contributed by atoms with Crippen molar-refractivity contribution < 1.29 is 9.47 Å². The van der Waals surface area contributed by atoms with Crippen LogP contribution in [0.3, 0.4) is 0 Å². The maximum Gasteiger partial charge on any atom is 0.321 e. The van der Waals surface area contributed by atoms with Gasteiger partial charge in [-0.3, -0.25) is 4.98 Å². The Kier molecular flexibility index (Phi) is 5.25. The molecule has 2 aromatic rings. The number of rotatable bonds is 7. The summed E-state index contributed by atoms with van der Waals surface area (Å²) in [4.78, 5) is 16.9. The summed E-state index contributed by atoms with van der Waals surface area (Å²) >= 11 is 0. The third-order valence-electron chi connectivity index (χ3n) is 2.61. The number of ether oxygens (including phenoxy) is 2. The molecule has 0 aliphatic rings. The smallest absolute Gasteiger partial charge is 0.321 e. The van der Waals surface area contributed by atoms with E-state index in [1.54, 1.807) is 12.4 Å². The van der Waals surface area contributed by atoms with Crippen LogP contribution >= 0.6 is 0 Å². The van der Waals surface area contributed by atoms with E-state index in [4.69, 9.17) is 9.47 Å². The van der Waals surface area contributed by atoms with E-state index in [9.17, 15) is 0 Å². The van der Waals surface area contributed by atoms with E-state index in [1.807, 2.05) is 13.0 Å². The average Bonchev–Trinajstić information content (AvgIpc) is 2.53. The zero-order chi connectivity index (χ0) is 15.1. The van der Waals surface area contributed by atoms with Gasteiger partial charge < -0.3 is 14.8 Å². The van der Waals surface area contributed by atoms with Gasteiger partial charge in [0, 0.05) is 18.3 Å². The molecule has 2 aromatic heterocycles. The third-order valence-corrected chi connectivity index (χ3v) is 2.61. The molecule has 0 aliphatic heterocycles. The van der Waals surface area contributed by atoms with Crippen LogP contribution in [0.2, 0.25) is 0 Å². The molecule has 0 aliphatic carbocycles. The monoisotopic (exact) mass is 289 g/mol. The van der Waals surface area contributed by atoms with E-state index in [0.29, 0.717) is 24.1 Å². The van der Waals surface area contributed by atoms with E-state index in [2.05, 4.69) is 32.2 Å². The van der Waals surface area contributed by atoms with Crippen molar-refractivity contribution in [1.29, 1.82) is 0 Å². The highest BCUT2D eigenvalue weighted by molar-refractivity contribution is 5.57. The molecule has 0 saturated heterocycles. The van der Waals surface area contributed by atoms with Gasteiger partial charge in [0.25, 0.3) is 0 Å². The first kappa shape index (κ1) is 15.0. The zero-order valence-electron chi connectivity index (χ0n) is 12.5. The Morgan fingerprint density at radius 1 is 1.14 bits per heavy atom. The predicted octanol–water partition coefficient (Wildman–Crippen LogP) is 2.16. The van der Waals surface area contributed by atoms with Crippen molar-refractivity contribution in [3.05, 3.63) is 18.5 Å². The van der Waals surface area contributed by atoms with Gasteiger partial charge in [-0.2, -0.15) is 15.0 Å². The summed E-state index contributed by atoms with van der Waals surface area (Å²) < 4.78 is 10.6. The van der Waals surface area contributed by atoms with Gasteiger partial charge in [-0.15, -0.1) is 0 Å². The predicted molar refractivity (Wildman–Crippen MR) is 79.6 cm³/mol. The summed E-state index contributed by atoms with van der Waals surface area (Å²) in [7, 11) is 1.53. The number of anilines is 1. The maximum absolute atomic E-state index is 5.44. The highest BCUT2D eigenvalue weighted by Gasteiger charge is 2.10. The minimum Gasteiger partial charge on any atom is -0.492 e. The molecule has 7 heteroatoms. The van der Waals surface area contributed by atoms with Crippen molar-refractivity contribution in [3.8, 4) is 23.1 Å². The van der Waals surface area contributed by atoms with Crippen molar-refractivity contribution >= 4 is 5.95 Å². The fourth-order valence-corrected chi connectivity index (χ4v) is 1.68. The van der Waals surface area contributed by atoms with Crippen LogP contribution in [0.25, 0.3) is 11.4 Å². The van der Waals surface area contributed by atoms with Gasteiger partial charge in [0.1, 0.15) is 5.75 Å². The molecule has 0 aromatic carbocycles. The fraction of sp³-hybridized carbons (Fsp3) is 0.429. The highest BCUT2D eigenvalue weighted by Crippen LogP contribution is 2.21. The first-order chi connectivity index (χ1) is 10.3. The molecule has 2 rings (SSSR count). The third kappa shape index (κ3) is 4.01. The second kappa shape index (κ2) is 7.37. The summed E-state index contributed by atoms with van der Waals surface area (Å²) in [5, 5.41) is 3.13. The standard InChI is InChI=1S/C14H19N5O2/c1-4-6-16-13-17-12(18-14(19-13)20-3)10-7-11(21-5-2)9-15-8-10/h7-9H,4-6H2,1-3H3,(H,16,17,18,19). The molecule has 1 N–H and O–H groups in total. The fourth-order valence-electron chi connectivity index (χ4n) is 1.68. The Morgan fingerprint density at radius 2 is 2.00 bits per heavy atom. The van der Waals surface area contributed by atoms with Crippen LogP contribution in [0, 0.1) is 0 Å². The second-order valence-corrected chi connectivity index (χ2v) is 4.24. The molecule has 0 amide bonds. The minimum atomic E-state index is 0.264. The number of pyridine rings is 1. The van der Waals surface area contributed by atoms with Gasteiger partial charge >= 0.3 is 6.01 Å². The number of hydrogen-bond donors (Lipinski definition) is 1. The molecular weight excluding hydrogens is 270 g/mol. The van der Waals surface area contributed by atoms with Gasteiger partial charge in [0.2, 0.25) is 5.95 Å². The Bertz CT molecular complexity index is 591. The molecule has 0 spiro atoms. The van der Waals surface area contributed by atoms with E-state index in [-0.39, 0.29) is 6.01 Å². The summed E-state index contributed by atoms with van der Waals surface area (Å²) in [5.41, 5.74) is 0.751. The van der Waals surface area contributed by atoms with Crippen molar-refractivity contribution in [1.82, 2.24) is 19.9 Å². The average molecular weight is 289 g/mol. The number of nitrogens with one attached hydrogen (secondary N) is 1. The highest BCUT2D eigenvalue weighted by atomic mass is 16.5. The topological polar surface area (TPSA) is 82.1 Å². The molecule has 0 unspecified atom stereocenters. The van der Waals surface area contributed by atoms with Crippen LogP contribution in [-0.2, 0) is 0 Å².